The third kappa shape index (κ3) is 4.65. The van der Waals surface area contributed by atoms with E-state index in [-0.39, 0.29) is 18.3 Å². The lowest BCUT2D eigenvalue weighted by molar-refractivity contribution is 0.0989. The predicted octanol–water partition coefficient (Wildman–Crippen LogP) is 5.24. The van der Waals surface area contributed by atoms with Gasteiger partial charge in [0.1, 0.15) is 11.4 Å². The molecule has 4 rings (SSSR count). The number of furan rings is 1. The first-order chi connectivity index (χ1) is 15.0. The molecule has 0 aliphatic rings. The highest BCUT2D eigenvalue weighted by molar-refractivity contribution is 9.10. The third-order valence-corrected chi connectivity index (χ3v) is 5.01. The molecule has 2 N–H and O–H groups in total. The van der Waals surface area contributed by atoms with E-state index in [4.69, 9.17) is 9.15 Å². The number of halogens is 1. The van der Waals surface area contributed by atoms with Gasteiger partial charge in [-0.05, 0) is 52.3 Å². The topological polar surface area (TPSA) is 93.5 Å². The molecule has 31 heavy (non-hydrogen) atoms. The number of anilines is 2. The van der Waals surface area contributed by atoms with Gasteiger partial charge in [-0.1, -0.05) is 24.3 Å². The van der Waals surface area contributed by atoms with Gasteiger partial charge in [-0.25, -0.2) is 4.98 Å². The maximum absolute atomic E-state index is 12.9. The number of ether oxygens (including phenoxy) is 1. The molecule has 8 heteroatoms. The third-order valence-electron chi connectivity index (χ3n) is 4.54. The van der Waals surface area contributed by atoms with Crippen LogP contribution in [0.4, 0.5) is 11.5 Å². The summed E-state index contributed by atoms with van der Waals surface area (Å²) in [5, 5.41) is 6.34. The monoisotopic (exact) mass is 479 g/mol. The summed E-state index contributed by atoms with van der Waals surface area (Å²) in [6, 6.07) is 17.5. The standard InChI is InChI=1S/C23H18BrN3O4/c1-30-13-18-17-7-2-3-8-19(17)31-21(18)23(29)26-16-6-4-5-14(11-16)22(28)27-20-10-9-15(24)12-25-20/h2-12H,13H2,1H3,(H,26,29)(H,25,27,28). The Bertz CT molecular complexity index is 1250. The number of pyridine rings is 1. The molecule has 0 radical (unpaired) electrons. The van der Waals surface area contributed by atoms with E-state index in [9.17, 15) is 9.59 Å². The molecule has 7 nitrogen and oxygen atoms in total. The lowest BCUT2D eigenvalue weighted by Gasteiger charge is -2.08. The van der Waals surface area contributed by atoms with Crippen molar-refractivity contribution >= 4 is 50.2 Å². The van der Waals surface area contributed by atoms with E-state index in [2.05, 4.69) is 31.5 Å². The van der Waals surface area contributed by atoms with E-state index in [1.54, 1.807) is 55.8 Å². The molecular formula is C23H18BrN3O4. The maximum Gasteiger partial charge on any atom is 0.291 e. The number of rotatable bonds is 6. The lowest BCUT2D eigenvalue weighted by atomic mass is 10.1. The van der Waals surface area contributed by atoms with Gasteiger partial charge in [0.25, 0.3) is 11.8 Å². The SMILES string of the molecule is COCc1c(C(=O)Nc2cccc(C(=O)Nc3ccc(Br)cn3)c2)oc2ccccc12. The van der Waals surface area contributed by atoms with Crippen molar-refractivity contribution in [3.63, 3.8) is 0 Å². The van der Waals surface area contributed by atoms with Gasteiger partial charge in [0, 0.05) is 40.0 Å². The van der Waals surface area contributed by atoms with E-state index in [1.807, 2.05) is 18.2 Å². The summed E-state index contributed by atoms with van der Waals surface area (Å²) in [7, 11) is 1.56. The number of hydrogen-bond acceptors (Lipinski definition) is 5. The Morgan fingerprint density at radius 3 is 2.65 bits per heavy atom. The first-order valence-electron chi connectivity index (χ1n) is 9.39. The van der Waals surface area contributed by atoms with Crippen molar-refractivity contribution < 1.29 is 18.7 Å². The summed E-state index contributed by atoms with van der Waals surface area (Å²) >= 11 is 3.30. The fourth-order valence-electron chi connectivity index (χ4n) is 3.13. The summed E-state index contributed by atoms with van der Waals surface area (Å²) < 4.78 is 11.8. The average molecular weight is 480 g/mol. The number of benzene rings is 2. The second-order valence-corrected chi connectivity index (χ2v) is 7.61. The number of fused-ring (bicyclic) bond motifs is 1. The second-order valence-electron chi connectivity index (χ2n) is 6.69. The van der Waals surface area contributed by atoms with Crippen molar-refractivity contribution in [2.24, 2.45) is 0 Å². The van der Waals surface area contributed by atoms with E-state index < -0.39 is 5.91 Å². The van der Waals surface area contributed by atoms with Crippen LogP contribution in [-0.4, -0.2) is 23.9 Å². The van der Waals surface area contributed by atoms with E-state index >= 15 is 0 Å². The molecule has 4 aromatic rings. The van der Waals surface area contributed by atoms with E-state index in [0.717, 1.165) is 9.86 Å². The van der Waals surface area contributed by atoms with Gasteiger partial charge in [-0.15, -0.1) is 0 Å². The van der Waals surface area contributed by atoms with Crippen LogP contribution >= 0.6 is 15.9 Å². The zero-order chi connectivity index (χ0) is 21.8. The molecule has 2 aromatic carbocycles. The average Bonchev–Trinajstić information content (AvgIpc) is 3.15. The second kappa shape index (κ2) is 9.11. The van der Waals surface area contributed by atoms with Gasteiger partial charge in [0.15, 0.2) is 5.76 Å². The number of carbonyl (C=O) groups is 2. The molecule has 2 aromatic heterocycles. The molecule has 0 bridgehead atoms. The van der Waals surface area contributed by atoms with E-state index in [0.29, 0.717) is 28.2 Å². The summed E-state index contributed by atoms with van der Waals surface area (Å²) in [6.07, 6.45) is 1.59. The molecule has 2 amide bonds. The van der Waals surface area contributed by atoms with Crippen LogP contribution in [0.25, 0.3) is 11.0 Å². The Kier molecular flexibility index (Phi) is 6.11. The van der Waals surface area contributed by atoms with Crippen LogP contribution in [0, 0.1) is 0 Å². The molecule has 0 saturated carbocycles. The summed E-state index contributed by atoms with van der Waals surface area (Å²) in [5.74, 6) is -0.156. The van der Waals surface area contributed by atoms with Gasteiger partial charge in [0.05, 0.1) is 6.61 Å². The quantitative estimate of drug-likeness (QED) is 0.394. The summed E-state index contributed by atoms with van der Waals surface area (Å²) in [5.41, 5.74) is 2.12. The van der Waals surface area contributed by atoms with Gasteiger partial charge in [0.2, 0.25) is 0 Å². The molecule has 0 atom stereocenters. The molecular weight excluding hydrogens is 462 g/mol. The van der Waals surface area contributed by atoms with E-state index in [1.165, 1.54) is 0 Å². The van der Waals surface area contributed by atoms with Gasteiger partial charge < -0.3 is 19.8 Å². The number of nitrogens with zero attached hydrogens (tertiary/aromatic N) is 1. The smallest absolute Gasteiger partial charge is 0.291 e. The molecule has 0 aliphatic heterocycles. The van der Waals surface area contributed by atoms with Crippen LogP contribution in [0.1, 0.15) is 26.5 Å². The molecule has 0 fully saturated rings. The molecule has 0 saturated heterocycles. The number of nitrogens with one attached hydrogen (secondary N) is 2. The maximum atomic E-state index is 12.9. The predicted molar refractivity (Wildman–Crippen MR) is 121 cm³/mol. The fraction of sp³-hybridized carbons (Fsp3) is 0.0870. The Morgan fingerprint density at radius 2 is 1.87 bits per heavy atom. The Morgan fingerprint density at radius 1 is 1.03 bits per heavy atom. The van der Waals surface area contributed by atoms with Crippen LogP contribution in [0.3, 0.4) is 0 Å². The van der Waals surface area contributed by atoms with Crippen LogP contribution in [0.2, 0.25) is 0 Å². The van der Waals surface area contributed by atoms with Crippen molar-refractivity contribution in [3.8, 4) is 0 Å². The molecule has 0 spiro atoms. The fourth-order valence-corrected chi connectivity index (χ4v) is 3.37. The molecule has 0 unspecified atom stereocenters. The molecule has 156 valence electrons. The Labute approximate surface area is 186 Å². The number of aromatic nitrogens is 1. The summed E-state index contributed by atoms with van der Waals surface area (Å²) in [4.78, 5) is 29.6. The highest BCUT2D eigenvalue weighted by Crippen LogP contribution is 2.27. The van der Waals surface area contributed by atoms with Crippen LogP contribution < -0.4 is 10.6 Å². The number of amides is 2. The minimum absolute atomic E-state index is 0.178. The van der Waals surface area contributed by atoms with Crippen molar-refractivity contribution in [3.05, 3.63) is 88.2 Å². The zero-order valence-electron chi connectivity index (χ0n) is 16.5. The van der Waals surface area contributed by atoms with Gasteiger partial charge in [-0.3, -0.25) is 9.59 Å². The Balaban J connectivity index is 1.54. The molecule has 0 aliphatic carbocycles. The Hall–Kier alpha value is -3.49. The van der Waals surface area contributed by atoms with Crippen LogP contribution in [-0.2, 0) is 11.3 Å². The number of carbonyl (C=O) groups excluding carboxylic acids is 2. The zero-order valence-corrected chi connectivity index (χ0v) is 18.1. The first-order valence-corrected chi connectivity index (χ1v) is 10.2. The van der Waals surface area contributed by atoms with Crippen molar-refractivity contribution in [1.29, 1.82) is 0 Å². The molecule has 2 heterocycles. The minimum Gasteiger partial charge on any atom is -0.451 e. The lowest BCUT2D eigenvalue weighted by Crippen LogP contribution is -2.15. The number of hydrogen-bond donors (Lipinski definition) is 2. The van der Waals surface area contributed by atoms with Crippen LogP contribution in [0.15, 0.2) is 75.8 Å². The largest absolute Gasteiger partial charge is 0.451 e. The number of methoxy groups -OCH3 is 1. The van der Waals surface area contributed by atoms with Crippen molar-refractivity contribution in [1.82, 2.24) is 4.98 Å². The van der Waals surface area contributed by atoms with Crippen LogP contribution in [0.5, 0.6) is 0 Å². The van der Waals surface area contributed by atoms with Crippen molar-refractivity contribution in [2.45, 2.75) is 6.61 Å². The number of para-hydroxylation sites is 1. The highest BCUT2D eigenvalue weighted by atomic mass is 79.9. The minimum atomic E-state index is -0.421. The first kappa shape index (κ1) is 20.8. The normalized spacial score (nSPS) is 10.8. The van der Waals surface area contributed by atoms with Crippen molar-refractivity contribution in [2.75, 3.05) is 17.7 Å². The summed E-state index contributed by atoms with van der Waals surface area (Å²) in [6.45, 7) is 0.238. The highest BCUT2D eigenvalue weighted by Gasteiger charge is 2.21. The van der Waals surface area contributed by atoms with Gasteiger partial charge in [-0.2, -0.15) is 0 Å². The van der Waals surface area contributed by atoms with Gasteiger partial charge >= 0.3 is 0 Å².